The van der Waals surface area contributed by atoms with Crippen molar-refractivity contribution in [3.63, 3.8) is 0 Å². The number of carbonyl (C=O) groups is 1. The van der Waals surface area contributed by atoms with E-state index in [1.54, 1.807) is 24.3 Å². The number of aliphatic hydroxyl groups is 1. The molecular weight excluding hydrogens is 362 g/mol. The Labute approximate surface area is 161 Å². The molecule has 1 aromatic carbocycles. The highest BCUT2D eigenvalue weighted by atomic mass is 32.2. The fourth-order valence-electron chi connectivity index (χ4n) is 6.33. The molecule has 4 aliphatic carbocycles. The van der Waals surface area contributed by atoms with Crippen molar-refractivity contribution in [2.45, 2.75) is 68.4 Å². The van der Waals surface area contributed by atoms with Crippen LogP contribution in [0.2, 0.25) is 0 Å². The van der Waals surface area contributed by atoms with Crippen LogP contribution in [0, 0.1) is 17.3 Å². The van der Waals surface area contributed by atoms with Crippen LogP contribution in [0.4, 0.5) is 0 Å². The Bertz CT molecular complexity index is 831. The van der Waals surface area contributed by atoms with E-state index in [1.807, 2.05) is 6.92 Å². The standard InChI is InChI=1S/C21H29NO4S/c1-14(17-3-5-18(6-4-17)27(2,25)26)22-19(23)12-20-8-15-7-16(9-20)11-21(24,10-15)13-20/h3-6,14-16,24H,7-13H2,1-2H3,(H,22,23). The third-order valence-corrected chi connectivity index (χ3v) is 8.00. The minimum Gasteiger partial charge on any atom is -0.390 e. The quantitative estimate of drug-likeness (QED) is 0.808. The molecule has 4 fully saturated rings. The monoisotopic (exact) mass is 391 g/mol. The second-order valence-corrected chi connectivity index (χ2v) is 11.5. The number of sulfone groups is 1. The van der Waals surface area contributed by atoms with Gasteiger partial charge in [0, 0.05) is 12.7 Å². The first-order valence-corrected chi connectivity index (χ1v) is 11.8. The topological polar surface area (TPSA) is 83.5 Å². The molecule has 0 radical (unpaired) electrons. The average Bonchev–Trinajstić information content (AvgIpc) is 2.51. The first kappa shape index (κ1) is 18.9. The fourth-order valence-corrected chi connectivity index (χ4v) is 6.96. The van der Waals surface area contributed by atoms with Crippen molar-refractivity contribution in [3.05, 3.63) is 29.8 Å². The molecule has 5 nitrogen and oxygen atoms in total. The predicted octanol–water partition coefficient (Wildman–Crippen LogP) is 2.99. The van der Waals surface area contributed by atoms with Crippen LogP contribution in [0.5, 0.6) is 0 Å². The van der Waals surface area contributed by atoms with Crippen molar-refractivity contribution in [2.24, 2.45) is 17.3 Å². The van der Waals surface area contributed by atoms with Gasteiger partial charge in [-0.2, -0.15) is 0 Å². The molecule has 1 amide bonds. The first-order valence-electron chi connectivity index (χ1n) is 9.88. The number of nitrogens with one attached hydrogen (secondary N) is 1. The van der Waals surface area contributed by atoms with Crippen molar-refractivity contribution >= 4 is 15.7 Å². The molecule has 3 unspecified atom stereocenters. The van der Waals surface area contributed by atoms with Gasteiger partial charge in [-0.3, -0.25) is 4.79 Å². The number of hydrogen-bond donors (Lipinski definition) is 2. The number of hydrogen-bond acceptors (Lipinski definition) is 4. The lowest BCUT2D eigenvalue weighted by Gasteiger charge is -2.60. The van der Waals surface area contributed by atoms with Gasteiger partial charge in [0.1, 0.15) is 0 Å². The molecule has 5 rings (SSSR count). The van der Waals surface area contributed by atoms with Gasteiger partial charge in [-0.15, -0.1) is 0 Å². The van der Waals surface area contributed by atoms with E-state index in [0.29, 0.717) is 18.3 Å². The Balaban J connectivity index is 1.41. The maximum Gasteiger partial charge on any atom is 0.221 e. The third kappa shape index (κ3) is 3.79. The first-order chi connectivity index (χ1) is 12.6. The number of benzene rings is 1. The average molecular weight is 392 g/mol. The summed E-state index contributed by atoms with van der Waals surface area (Å²) in [7, 11) is -3.22. The van der Waals surface area contributed by atoms with Gasteiger partial charge in [0.15, 0.2) is 9.84 Å². The van der Waals surface area contributed by atoms with Crippen LogP contribution in [0.1, 0.15) is 63.5 Å². The molecule has 0 aromatic heterocycles. The molecular formula is C21H29NO4S. The Kier molecular flexibility index (Phi) is 4.43. The second kappa shape index (κ2) is 6.31. The normalized spacial score (nSPS) is 35.8. The predicted molar refractivity (Wildman–Crippen MR) is 103 cm³/mol. The molecule has 27 heavy (non-hydrogen) atoms. The van der Waals surface area contributed by atoms with Crippen LogP contribution in [0.3, 0.4) is 0 Å². The Morgan fingerprint density at radius 2 is 1.78 bits per heavy atom. The summed E-state index contributed by atoms with van der Waals surface area (Å²) in [5.74, 6) is 1.18. The highest BCUT2D eigenvalue weighted by Crippen LogP contribution is 2.62. The van der Waals surface area contributed by atoms with Crippen LogP contribution >= 0.6 is 0 Å². The van der Waals surface area contributed by atoms with Crippen molar-refractivity contribution in [1.82, 2.24) is 5.32 Å². The molecule has 1 aromatic rings. The lowest BCUT2D eigenvalue weighted by Crippen LogP contribution is -2.56. The summed E-state index contributed by atoms with van der Waals surface area (Å²) < 4.78 is 23.2. The summed E-state index contributed by atoms with van der Waals surface area (Å²) in [6, 6.07) is 6.51. The zero-order valence-electron chi connectivity index (χ0n) is 16.1. The summed E-state index contributed by atoms with van der Waals surface area (Å²) in [6.45, 7) is 1.92. The molecule has 148 valence electrons. The van der Waals surface area contributed by atoms with Gasteiger partial charge in [0.2, 0.25) is 5.91 Å². The molecule has 0 spiro atoms. The summed E-state index contributed by atoms with van der Waals surface area (Å²) >= 11 is 0. The highest BCUT2D eigenvalue weighted by molar-refractivity contribution is 7.90. The SMILES string of the molecule is CC(NC(=O)CC12CC3CC(CC(O)(C3)C1)C2)c1ccc(S(C)(=O)=O)cc1. The van der Waals surface area contributed by atoms with E-state index in [0.717, 1.165) is 37.7 Å². The molecule has 4 aliphatic rings. The molecule has 0 heterocycles. The van der Waals surface area contributed by atoms with Gasteiger partial charge in [-0.1, -0.05) is 12.1 Å². The molecule has 0 saturated heterocycles. The largest absolute Gasteiger partial charge is 0.390 e. The van der Waals surface area contributed by atoms with Crippen LogP contribution in [0.15, 0.2) is 29.2 Å². The van der Waals surface area contributed by atoms with Crippen LogP contribution in [-0.2, 0) is 14.6 Å². The lowest BCUT2D eigenvalue weighted by atomic mass is 9.47. The van der Waals surface area contributed by atoms with E-state index in [4.69, 9.17) is 0 Å². The highest BCUT2D eigenvalue weighted by Gasteiger charge is 2.57. The van der Waals surface area contributed by atoms with Crippen molar-refractivity contribution < 1.29 is 18.3 Å². The van der Waals surface area contributed by atoms with E-state index >= 15 is 0 Å². The Hall–Kier alpha value is -1.40. The van der Waals surface area contributed by atoms with E-state index < -0.39 is 15.4 Å². The molecule has 0 aliphatic heterocycles. The van der Waals surface area contributed by atoms with Crippen molar-refractivity contribution in [1.29, 1.82) is 0 Å². The van der Waals surface area contributed by atoms with Crippen molar-refractivity contribution in [2.75, 3.05) is 6.26 Å². The van der Waals surface area contributed by atoms with Gasteiger partial charge in [0.05, 0.1) is 16.5 Å². The summed E-state index contributed by atoms with van der Waals surface area (Å²) in [6.07, 6.45) is 7.60. The summed E-state index contributed by atoms with van der Waals surface area (Å²) in [4.78, 5) is 13.0. The number of rotatable bonds is 5. The maximum absolute atomic E-state index is 12.8. The smallest absolute Gasteiger partial charge is 0.221 e. The zero-order chi connectivity index (χ0) is 19.4. The van der Waals surface area contributed by atoms with Gasteiger partial charge in [-0.25, -0.2) is 8.42 Å². The minimum atomic E-state index is -3.22. The Morgan fingerprint density at radius 3 is 2.30 bits per heavy atom. The zero-order valence-corrected chi connectivity index (χ0v) is 16.9. The van der Waals surface area contributed by atoms with Crippen LogP contribution in [0.25, 0.3) is 0 Å². The van der Waals surface area contributed by atoms with E-state index in [2.05, 4.69) is 5.32 Å². The van der Waals surface area contributed by atoms with Crippen LogP contribution < -0.4 is 5.32 Å². The fraction of sp³-hybridized carbons (Fsp3) is 0.667. The Morgan fingerprint density at radius 1 is 1.19 bits per heavy atom. The number of carbonyl (C=O) groups excluding carboxylic acids is 1. The van der Waals surface area contributed by atoms with Gasteiger partial charge in [0.25, 0.3) is 0 Å². The van der Waals surface area contributed by atoms with E-state index in [9.17, 15) is 18.3 Å². The third-order valence-electron chi connectivity index (χ3n) is 6.87. The number of amides is 1. The summed E-state index contributed by atoms with van der Waals surface area (Å²) in [5.41, 5.74) is 0.306. The molecule has 4 bridgehead atoms. The van der Waals surface area contributed by atoms with Crippen LogP contribution in [-0.4, -0.2) is 31.3 Å². The molecule has 4 saturated carbocycles. The van der Waals surface area contributed by atoms with Gasteiger partial charge in [-0.05, 0) is 80.4 Å². The van der Waals surface area contributed by atoms with E-state index in [-0.39, 0.29) is 22.3 Å². The molecule has 3 atom stereocenters. The second-order valence-electron chi connectivity index (χ2n) is 9.49. The maximum atomic E-state index is 12.8. The van der Waals surface area contributed by atoms with Gasteiger partial charge >= 0.3 is 0 Å². The molecule has 6 heteroatoms. The van der Waals surface area contributed by atoms with Gasteiger partial charge < -0.3 is 10.4 Å². The minimum absolute atomic E-state index is 0.0280. The summed E-state index contributed by atoms with van der Waals surface area (Å²) in [5, 5.41) is 13.9. The lowest BCUT2D eigenvalue weighted by molar-refractivity contribution is -0.169. The molecule has 2 N–H and O–H groups in total. The van der Waals surface area contributed by atoms with E-state index in [1.165, 1.54) is 12.7 Å². The van der Waals surface area contributed by atoms with Crippen molar-refractivity contribution in [3.8, 4) is 0 Å².